The molecule has 0 amide bonds. The van der Waals surface area contributed by atoms with Gasteiger partial charge in [0.2, 0.25) is 0 Å². The highest BCUT2D eigenvalue weighted by molar-refractivity contribution is 6.31. The van der Waals surface area contributed by atoms with Crippen molar-refractivity contribution in [1.82, 2.24) is 9.97 Å². The maximum Gasteiger partial charge on any atom is 0.269 e. The van der Waals surface area contributed by atoms with Gasteiger partial charge in [-0.1, -0.05) is 11.6 Å². The first-order valence-electron chi connectivity index (χ1n) is 3.23. The van der Waals surface area contributed by atoms with E-state index in [0.717, 1.165) is 6.33 Å². The highest BCUT2D eigenvalue weighted by atomic mass is 35.5. The van der Waals surface area contributed by atoms with Crippen molar-refractivity contribution in [3.63, 3.8) is 0 Å². The predicted octanol–water partition coefficient (Wildman–Crippen LogP) is 0.554. The maximum atomic E-state index is 10.9. The fourth-order valence-electron chi connectivity index (χ4n) is 0.749. The number of nitrogens with zero attached hydrogens (tertiary/aromatic N) is 3. The second-order valence-electron chi connectivity index (χ2n) is 2.12. The Bertz CT molecular complexity index is 439. The van der Waals surface area contributed by atoms with Crippen LogP contribution in [0.4, 0.5) is 0 Å². The van der Waals surface area contributed by atoms with E-state index in [4.69, 9.17) is 22.1 Å². The molecule has 0 aliphatic carbocycles. The molecule has 6 heteroatoms. The Balaban J connectivity index is 3.34. The smallest absolute Gasteiger partial charge is 0.269 e. The summed E-state index contributed by atoms with van der Waals surface area (Å²) in [6.07, 6.45) is 1.10. The Morgan fingerprint density at radius 3 is 2.69 bits per heavy atom. The fraction of sp³-hybridized carbons (Fsp3) is 0.143. The first-order chi connectivity index (χ1) is 6.20. The summed E-state index contributed by atoms with van der Waals surface area (Å²) in [5, 5.41) is 16.8. The molecule has 64 valence electrons. The van der Waals surface area contributed by atoms with Crippen molar-refractivity contribution in [2.24, 2.45) is 0 Å². The van der Waals surface area contributed by atoms with Gasteiger partial charge in [0.25, 0.3) is 5.56 Å². The van der Waals surface area contributed by atoms with E-state index in [1.165, 1.54) is 0 Å². The summed E-state index contributed by atoms with van der Waals surface area (Å²) in [5.41, 5.74) is -0.558. The molecule has 0 saturated heterocycles. The molecule has 5 nitrogen and oxygen atoms in total. The van der Waals surface area contributed by atoms with Gasteiger partial charge in [0.05, 0.1) is 24.2 Å². The van der Waals surface area contributed by atoms with Crippen LogP contribution in [0.5, 0.6) is 0 Å². The van der Waals surface area contributed by atoms with Crippen molar-refractivity contribution in [2.45, 2.75) is 5.92 Å². The molecule has 0 unspecified atom stereocenters. The zero-order valence-corrected chi connectivity index (χ0v) is 7.04. The molecule has 13 heavy (non-hydrogen) atoms. The second-order valence-corrected chi connectivity index (χ2v) is 2.50. The van der Waals surface area contributed by atoms with Gasteiger partial charge in [-0.05, 0) is 0 Å². The predicted molar refractivity (Wildman–Crippen MR) is 43.8 cm³/mol. The minimum absolute atomic E-state index is 0.00424. The summed E-state index contributed by atoms with van der Waals surface area (Å²) in [5.74, 6) is -1.10. The van der Waals surface area contributed by atoms with Crippen molar-refractivity contribution in [3.05, 3.63) is 27.4 Å². The van der Waals surface area contributed by atoms with Crippen LogP contribution in [0, 0.1) is 22.7 Å². The molecule has 0 radical (unpaired) electrons. The molecule has 0 spiro atoms. The molecule has 1 rings (SSSR count). The number of aromatic nitrogens is 2. The standard InChI is InChI=1S/C7H3ClN4O/c8-5-6(4(1-9)2-10)11-3-12-7(5)13/h3-4H,(H,11,12,13). The maximum absolute atomic E-state index is 10.9. The minimum atomic E-state index is -1.10. The Morgan fingerprint density at radius 1 is 1.54 bits per heavy atom. The Kier molecular flexibility index (Phi) is 2.63. The lowest BCUT2D eigenvalue weighted by Gasteiger charge is -1.99. The summed E-state index contributed by atoms with van der Waals surface area (Å²) in [7, 11) is 0. The highest BCUT2D eigenvalue weighted by Crippen LogP contribution is 2.16. The first kappa shape index (κ1) is 9.24. The molecule has 1 heterocycles. The average molecular weight is 195 g/mol. The van der Waals surface area contributed by atoms with Crippen molar-refractivity contribution in [1.29, 1.82) is 10.5 Å². The van der Waals surface area contributed by atoms with Crippen LogP contribution in [-0.2, 0) is 0 Å². The Hall–Kier alpha value is -1.85. The normalized spacial score (nSPS) is 9.23. The second kappa shape index (κ2) is 3.70. The van der Waals surface area contributed by atoms with Gasteiger partial charge < -0.3 is 4.98 Å². The summed E-state index contributed by atoms with van der Waals surface area (Å²) in [6, 6.07) is 3.35. The molecule has 1 aromatic heterocycles. The van der Waals surface area contributed by atoms with Crippen molar-refractivity contribution in [2.75, 3.05) is 0 Å². The molecule has 1 aromatic rings. The quantitative estimate of drug-likeness (QED) is 0.707. The number of rotatable bonds is 1. The van der Waals surface area contributed by atoms with Crippen LogP contribution in [0.3, 0.4) is 0 Å². The lowest BCUT2D eigenvalue weighted by atomic mass is 10.1. The summed E-state index contributed by atoms with van der Waals surface area (Å²) in [6.45, 7) is 0. The van der Waals surface area contributed by atoms with Crippen molar-refractivity contribution < 1.29 is 0 Å². The van der Waals surface area contributed by atoms with Gasteiger partial charge in [-0.15, -0.1) is 0 Å². The third-order valence-electron chi connectivity index (χ3n) is 1.36. The summed E-state index contributed by atoms with van der Waals surface area (Å²) in [4.78, 5) is 16.8. The van der Waals surface area contributed by atoms with Crippen LogP contribution in [0.2, 0.25) is 5.02 Å². The van der Waals surface area contributed by atoms with Gasteiger partial charge in [-0.3, -0.25) is 4.79 Å². The number of halogens is 1. The molecule has 0 aromatic carbocycles. The zero-order chi connectivity index (χ0) is 9.84. The van der Waals surface area contributed by atoms with E-state index in [2.05, 4.69) is 9.97 Å². The van der Waals surface area contributed by atoms with Gasteiger partial charge in [0.1, 0.15) is 5.02 Å². The van der Waals surface area contributed by atoms with Crippen molar-refractivity contribution in [3.8, 4) is 12.1 Å². The van der Waals surface area contributed by atoms with E-state index in [1.54, 1.807) is 12.1 Å². The van der Waals surface area contributed by atoms with E-state index < -0.39 is 11.5 Å². The van der Waals surface area contributed by atoms with E-state index >= 15 is 0 Å². The van der Waals surface area contributed by atoms with E-state index in [1.807, 2.05) is 0 Å². The highest BCUT2D eigenvalue weighted by Gasteiger charge is 2.16. The SMILES string of the molecule is N#CC(C#N)c1nc[nH]c(=O)c1Cl. The number of nitriles is 2. The number of aromatic amines is 1. The molecule has 1 N–H and O–H groups in total. The largest absolute Gasteiger partial charge is 0.312 e. The van der Waals surface area contributed by atoms with E-state index in [0.29, 0.717) is 0 Å². The van der Waals surface area contributed by atoms with E-state index in [-0.39, 0.29) is 10.7 Å². The molecular formula is C7H3ClN4O. The molecular weight excluding hydrogens is 192 g/mol. The lowest BCUT2D eigenvalue weighted by Crippen LogP contribution is -2.11. The summed E-state index contributed by atoms with van der Waals surface area (Å²) < 4.78 is 0. The molecule has 0 aliphatic heterocycles. The topological polar surface area (TPSA) is 93.3 Å². The number of hydrogen-bond acceptors (Lipinski definition) is 4. The third-order valence-corrected chi connectivity index (χ3v) is 1.72. The third kappa shape index (κ3) is 1.66. The van der Waals surface area contributed by atoms with Crippen LogP contribution < -0.4 is 5.56 Å². The average Bonchev–Trinajstić information content (AvgIpc) is 2.14. The monoisotopic (exact) mass is 194 g/mol. The molecule has 0 aliphatic rings. The molecule has 0 saturated carbocycles. The Labute approximate surface area is 78.2 Å². The number of hydrogen-bond donors (Lipinski definition) is 1. The molecule has 0 bridgehead atoms. The molecule has 0 fully saturated rings. The van der Waals surface area contributed by atoms with Crippen LogP contribution in [-0.4, -0.2) is 9.97 Å². The molecule has 0 atom stereocenters. The number of H-pyrrole nitrogens is 1. The lowest BCUT2D eigenvalue weighted by molar-refractivity contribution is 0.965. The van der Waals surface area contributed by atoms with Crippen LogP contribution in [0.15, 0.2) is 11.1 Å². The first-order valence-corrected chi connectivity index (χ1v) is 3.60. The van der Waals surface area contributed by atoms with Gasteiger partial charge >= 0.3 is 0 Å². The van der Waals surface area contributed by atoms with Crippen LogP contribution in [0.1, 0.15) is 11.6 Å². The van der Waals surface area contributed by atoms with Gasteiger partial charge in [0.15, 0.2) is 5.92 Å². The van der Waals surface area contributed by atoms with E-state index in [9.17, 15) is 4.79 Å². The van der Waals surface area contributed by atoms with Gasteiger partial charge in [-0.2, -0.15) is 10.5 Å². The van der Waals surface area contributed by atoms with Gasteiger partial charge in [-0.25, -0.2) is 4.98 Å². The summed E-state index contributed by atoms with van der Waals surface area (Å²) >= 11 is 5.54. The Morgan fingerprint density at radius 2 is 2.15 bits per heavy atom. The minimum Gasteiger partial charge on any atom is -0.312 e. The zero-order valence-electron chi connectivity index (χ0n) is 6.28. The number of nitrogens with one attached hydrogen (secondary N) is 1. The van der Waals surface area contributed by atoms with Gasteiger partial charge in [0, 0.05) is 0 Å². The fourth-order valence-corrected chi connectivity index (χ4v) is 0.962. The van der Waals surface area contributed by atoms with Crippen molar-refractivity contribution >= 4 is 11.6 Å². The van der Waals surface area contributed by atoms with Crippen LogP contribution in [0.25, 0.3) is 0 Å². The van der Waals surface area contributed by atoms with Crippen LogP contribution >= 0.6 is 11.6 Å².